The molecule has 1 amide bonds. The number of carbonyl (C=O) groups is 1. The molecule has 1 unspecified atom stereocenters. The third-order valence-electron chi connectivity index (χ3n) is 3.13. The Morgan fingerprint density at radius 1 is 1.35 bits per heavy atom. The molecule has 0 bridgehead atoms. The lowest BCUT2D eigenvalue weighted by atomic mass is 10.4. The maximum absolute atomic E-state index is 12.3. The summed E-state index contributed by atoms with van der Waals surface area (Å²) in [5, 5.41) is 8.87. The molecular weight excluding hydrogens is 274 g/mol. The normalized spacial score (nSPS) is 12.4. The van der Waals surface area contributed by atoms with E-state index in [9.17, 15) is 4.79 Å². The molecule has 0 spiro atoms. The van der Waals surface area contributed by atoms with E-state index in [0.717, 1.165) is 37.0 Å². The van der Waals surface area contributed by atoms with Gasteiger partial charge in [0.2, 0.25) is 5.91 Å². The van der Waals surface area contributed by atoms with Crippen molar-refractivity contribution in [1.29, 1.82) is 0 Å². The van der Waals surface area contributed by atoms with Gasteiger partial charge in [0.15, 0.2) is 5.16 Å². The van der Waals surface area contributed by atoms with Crippen LogP contribution in [0, 0.1) is 0 Å². The summed E-state index contributed by atoms with van der Waals surface area (Å²) in [6.07, 6.45) is 0.983. The summed E-state index contributed by atoms with van der Waals surface area (Å²) in [7, 11) is 0. The third kappa shape index (κ3) is 3.96. The zero-order valence-corrected chi connectivity index (χ0v) is 13.6. The molecule has 1 atom stereocenters. The van der Waals surface area contributed by atoms with Gasteiger partial charge in [0.05, 0.1) is 11.8 Å². The summed E-state index contributed by atoms with van der Waals surface area (Å²) in [6, 6.07) is 0. The van der Waals surface area contributed by atoms with Crippen molar-refractivity contribution in [2.75, 3.05) is 13.1 Å². The van der Waals surface area contributed by atoms with Crippen LogP contribution in [0.5, 0.6) is 0 Å². The van der Waals surface area contributed by atoms with Crippen molar-refractivity contribution in [2.45, 2.75) is 57.6 Å². The molecule has 1 heterocycles. The van der Waals surface area contributed by atoms with Crippen LogP contribution in [0.15, 0.2) is 5.16 Å². The average molecular weight is 299 g/mol. The van der Waals surface area contributed by atoms with Gasteiger partial charge >= 0.3 is 0 Å². The van der Waals surface area contributed by atoms with Gasteiger partial charge in [-0.25, -0.2) is 0 Å². The lowest BCUT2D eigenvalue weighted by Gasteiger charge is -2.22. The van der Waals surface area contributed by atoms with Gasteiger partial charge in [0, 0.05) is 19.6 Å². The SMILES string of the molecule is CCCn1c(CN)nnc1SC(C)C(=O)N(CC)CC. The van der Waals surface area contributed by atoms with Crippen molar-refractivity contribution in [3.8, 4) is 0 Å². The van der Waals surface area contributed by atoms with Crippen molar-refractivity contribution in [2.24, 2.45) is 5.73 Å². The molecule has 0 saturated heterocycles. The van der Waals surface area contributed by atoms with E-state index in [2.05, 4.69) is 17.1 Å². The van der Waals surface area contributed by atoms with Crippen LogP contribution in [0.25, 0.3) is 0 Å². The van der Waals surface area contributed by atoms with Crippen molar-refractivity contribution in [1.82, 2.24) is 19.7 Å². The highest BCUT2D eigenvalue weighted by Gasteiger charge is 2.22. The molecule has 1 aromatic rings. The van der Waals surface area contributed by atoms with Gasteiger partial charge in [-0.1, -0.05) is 18.7 Å². The number of aromatic nitrogens is 3. The summed E-state index contributed by atoms with van der Waals surface area (Å²) in [6.45, 7) is 10.7. The Morgan fingerprint density at radius 3 is 2.50 bits per heavy atom. The second kappa shape index (κ2) is 8.26. The maximum Gasteiger partial charge on any atom is 0.235 e. The standard InChI is InChI=1S/C13H25N5OS/c1-5-8-18-11(9-14)15-16-13(18)20-10(4)12(19)17(6-2)7-3/h10H,5-9,14H2,1-4H3. The van der Waals surface area contributed by atoms with Gasteiger partial charge in [-0.2, -0.15) is 0 Å². The maximum atomic E-state index is 12.3. The Morgan fingerprint density at radius 2 is 2.00 bits per heavy atom. The Hall–Kier alpha value is -1.08. The number of rotatable bonds is 8. The van der Waals surface area contributed by atoms with E-state index in [0.29, 0.717) is 6.54 Å². The molecule has 0 aliphatic heterocycles. The number of carbonyl (C=O) groups excluding carboxylic acids is 1. The molecule has 7 heteroatoms. The van der Waals surface area contributed by atoms with E-state index in [4.69, 9.17) is 5.73 Å². The van der Waals surface area contributed by atoms with Crippen LogP contribution in [-0.2, 0) is 17.9 Å². The Kier molecular flexibility index (Phi) is 7.01. The predicted octanol–water partition coefficient (Wildman–Crippen LogP) is 1.50. The molecule has 1 rings (SSSR count). The highest BCUT2D eigenvalue weighted by Crippen LogP contribution is 2.24. The molecule has 6 nitrogen and oxygen atoms in total. The fraction of sp³-hybridized carbons (Fsp3) is 0.769. The van der Waals surface area contributed by atoms with E-state index >= 15 is 0 Å². The molecule has 0 aliphatic rings. The molecule has 2 N–H and O–H groups in total. The zero-order chi connectivity index (χ0) is 15.1. The van der Waals surface area contributed by atoms with E-state index in [1.54, 1.807) is 0 Å². The minimum Gasteiger partial charge on any atom is -0.342 e. The van der Waals surface area contributed by atoms with Crippen LogP contribution in [0.4, 0.5) is 0 Å². The van der Waals surface area contributed by atoms with Gasteiger partial charge in [-0.05, 0) is 27.2 Å². The highest BCUT2D eigenvalue weighted by molar-refractivity contribution is 8.00. The summed E-state index contributed by atoms with van der Waals surface area (Å²) < 4.78 is 2.01. The van der Waals surface area contributed by atoms with Crippen LogP contribution in [-0.4, -0.2) is 43.9 Å². The number of hydrogen-bond donors (Lipinski definition) is 1. The molecule has 0 aliphatic carbocycles. The molecule has 0 saturated carbocycles. The van der Waals surface area contributed by atoms with E-state index in [-0.39, 0.29) is 11.2 Å². The van der Waals surface area contributed by atoms with Crippen LogP contribution in [0.1, 0.15) is 39.9 Å². The number of thioether (sulfide) groups is 1. The van der Waals surface area contributed by atoms with E-state index < -0.39 is 0 Å². The topological polar surface area (TPSA) is 77.0 Å². The number of amides is 1. The Balaban J connectivity index is 2.82. The molecule has 0 fully saturated rings. The summed E-state index contributed by atoms with van der Waals surface area (Å²) in [5.74, 6) is 0.914. The minimum atomic E-state index is -0.166. The van der Waals surface area contributed by atoms with Gasteiger partial charge in [-0.3, -0.25) is 4.79 Å². The zero-order valence-electron chi connectivity index (χ0n) is 12.8. The van der Waals surface area contributed by atoms with Crippen LogP contribution in [0.2, 0.25) is 0 Å². The first kappa shape index (κ1) is 17.0. The predicted molar refractivity (Wildman–Crippen MR) is 81.5 cm³/mol. The van der Waals surface area contributed by atoms with Crippen LogP contribution >= 0.6 is 11.8 Å². The van der Waals surface area contributed by atoms with Crippen LogP contribution < -0.4 is 5.73 Å². The highest BCUT2D eigenvalue weighted by atomic mass is 32.2. The summed E-state index contributed by atoms with van der Waals surface area (Å²) in [4.78, 5) is 14.1. The molecule has 0 radical (unpaired) electrons. The van der Waals surface area contributed by atoms with Crippen molar-refractivity contribution >= 4 is 17.7 Å². The van der Waals surface area contributed by atoms with Crippen molar-refractivity contribution in [3.63, 3.8) is 0 Å². The Labute approximate surface area is 125 Å². The van der Waals surface area contributed by atoms with Crippen LogP contribution in [0.3, 0.4) is 0 Å². The number of hydrogen-bond acceptors (Lipinski definition) is 5. The number of nitrogens with two attached hydrogens (primary N) is 1. The van der Waals surface area contributed by atoms with Crippen molar-refractivity contribution < 1.29 is 4.79 Å². The van der Waals surface area contributed by atoms with Gasteiger partial charge in [-0.15, -0.1) is 10.2 Å². The second-order valence-electron chi connectivity index (χ2n) is 4.53. The molecule has 114 valence electrons. The quantitative estimate of drug-likeness (QED) is 0.736. The molecule has 0 aromatic carbocycles. The smallest absolute Gasteiger partial charge is 0.235 e. The van der Waals surface area contributed by atoms with E-state index in [1.807, 2.05) is 30.2 Å². The van der Waals surface area contributed by atoms with E-state index in [1.165, 1.54) is 11.8 Å². The molecule has 1 aromatic heterocycles. The summed E-state index contributed by atoms with van der Waals surface area (Å²) >= 11 is 1.46. The lowest BCUT2D eigenvalue weighted by molar-refractivity contribution is -0.129. The van der Waals surface area contributed by atoms with Gasteiger partial charge in [0.25, 0.3) is 0 Å². The van der Waals surface area contributed by atoms with Gasteiger partial charge < -0.3 is 15.2 Å². The second-order valence-corrected chi connectivity index (χ2v) is 5.83. The Bertz CT molecular complexity index is 430. The largest absolute Gasteiger partial charge is 0.342 e. The lowest BCUT2D eigenvalue weighted by Crippen LogP contribution is -2.36. The van der Waals surface area contributed by atoms with Gasteiger partial charge in [0.1, 0.15) is 5.82 Å². The average Bonchev–Trinajstić information content (AvgIpc) is 2.82. The first-order valence-electron chi connectivity index (χ1n) is 7.16. The number of nitrogens with zero attached hydrogens (tertiary/aromatic N) is 4. The monoisotopic (exact) mass is 299 g/mol. The summed E-state index contributed by atoms with van der Waals surface area (Å²) in [5.41, 5.74) is 5.67. The fourth-order valence-corrected chi connectivity index (χ4v) is 2.98. The first-order valence-corrected chi connectivity index (χ1v) is 8.04. The fourth-order valence-electron chi connectivity index (χ4n) is 2.01. The minimum absolute atomic E-state index is 0.139. The first-order chi connectivity index (χ1) is 9.58. The molecular formula is C13H25N5OS. The molecule has 20 heavy (non-hydrogen) atoms. The van der Waals surface area contributed by atoms with Crippen molar-refractivity contribution in [3.05, 3.63) is 5.82 Å². The third-order valence-corrected chi connectivity index (χ3v) is 4.20.